The van der Waals surface area contributed by atoms with E-state index in [0.717, 1.165) is 27.3 Å². The summed E-state index contributed by atoms with van der Waals surface area (Å²) in [5.41, 5.74) is 0.860. The lowest BCUT2D eigenvalue weighted by molar-refractivity contribution is -0.137. The summed E-state index contributed by atoms with van der Waals surface area (Å²) in [6, 6.07) is 5.04. The molecule has 27 heavy (non-hydrogen) atoms. The first-order valence-electron chi connectivity index (χ1n) is 7.77. The standard InChI is InChI=1S/C16H15F3N4OS3/c1-24-7-6-20-14-22-23-15(27-14)26-9-12-8-25-13(21-12)10-2-4-11(5-3-10)16(17,18)19/h2-5,8H,6-7,9H2,1H3,(H,20,22). The van der Waals surface area contributed by atoms with Crippen molar-refractivity contribution in [3.05, 3.63) is 40.9 Å². The van der Waals surface area contributed by atoms with E-state index in [-0.39, 0.29) is 0 Å². The predicted octanol–water partition coefficient (Wildman–Crippen LogP) is 5.03. The lowest BCUT2D eigenvalue weighted by Gasteiger charge is -2.06. The second-order valence-corrected chi connectivity index (χ2v) is 8.36. The third-order valence-electron chi connectivity index (χ3n) is 3.34. The minimum Gasteiger partial charge on any atom is -0.383 e. The van der Waals surface area contributed by atoms with Gasteiger partial charge in [-0.2, -0.15) is 13.2 Å². The normalized spacial score (nSPS) is 11.7. The number of anilines is 1. The van der Waals surface area contributed by atoms with Crippen LogP contribution in [0.2, 0.25) is 0 Å². The zero-order valence-corrected chi connectivity index (χ0v) is 16.6. The van der Waals surface area contributed by atoms with Gasteiger partial charge in [0.15, 0.2) is 4.34 Å². The highest BCUT2D eigenvalue weighted by atomic mass is 32.2. The Morgan fingerprint density at radius 2 is 1.96 bits per heavy atom. The predicted molar refractivity (Wildman–Crippen MR) is 102 cm³/mol. The van der Waals surface area contributed by atoms with Crippen molar-refractivity contribution in [2.75, 3.05) is 25.6 Å². The Morgan fingerprint density at radius 3 is 2.67 bits per heavy atom. The minimum absolute atomic E-state index is 0.591. The number of alkyl halides is 3. The Labute approximate surface area is 166 Å². The molecule has 0 saturated carbocycles. The fourth-order valence-corrected chi connectivity index (χ4v) is 4.64. The summed E-state index contributed by atoms with van der Waals surface area (Å²) in [6.07, 6.45) is -4.33. The smallest absolute Gasteiger partial charge is 0.383 e. The minimum atomic E-state index is -4.33. The van der Waals surface area contributed by atoms with Crippen LogP contribution in [0.4, 0.5) is 18.3 Å². The number of benzene rings is 1. The molecule has 0 amide bonds. The molecule has 0 saturated heterocycles. The second-order valence-electron chi connectivity index (χ2n) is 5.30. The number of ether oxygens (including phenoxy) is 1. The summed E-state index contributed by atoms with van der Waals surface area (Å²) >= 11 is 4.38. The van der Waals surface area contributed by atoms with Crippen molar-refractivity contribution in [1.29, 1.82) is 0 Å². The lowest BCUT2D eigenvalue weighted by Crippen LogP contribution is -2.06. The highest BCUT2D eigenvalue weighted by Gasteiger charge is 2.30. The summed E-state index contributed by atoms with van der Waals surface area (Å²) in [5, 5.41) is 14.6. The molecule has 3 rings (SSSR count). The number of nitrogens with one attached hydrogen (secondary N) is 1. The van der Waals surface area contributed by atoms with Gasteiger partial charge in [0.2, 0.25) is 5.13 Å². The molecule has 3 aromatic rings. The molecule has 144 valence electrons. The number of hydrogen-bond acceptors (Lipinski definition) is 8. The molecular formula is C16H15F3N4OS3. The number of rotatable bonds is 8. The highest BCUT2D eigenvalue weighted by Crippen LogP contribution is 2.33. The maximum absolute atomic E-state index is 12.6. The van der Waals surface area contributed by atoms with Gasteiger partial charge in [-0.25, -0.2) is 4.98 Å². The van der Waals surface area contributed by atoms with Crippen LogP contribution in [0.15, 0.2) is 34.0 Å². The molecular weight excluding hydrogens is 417 g/mol. The quantitative estimate of drug-likeness (QED) is 0.398. The molecule has 0 bridgehead atoms. The summed E-state index contributed by atoms with van der Waals surface area (Å²) in [6.45, 7) is 1.26. The Kier molecular flexibility index (Phi) is 6.68. The van der Waals surface area contributed by atoms with Gasteiger partial charge in [-0.05, 0) is 12.1 Å². The van der Waals surface area contributed by atoms with Gasteiger partial charge in [-0.15, -0.1) is 21.5 Å². The first-order valence-corrected chi connectivity index (χ1v) is 10.4. The number of thioether (sulfide) groups is 1. The van der Waals surface area contributed by atoms with Crippen molar-refractivity contribution in [2.24, 2.45) is 0 Å². The number of methoxy groups -OCH3 is 1. The topological polar surface area (TPSA) is 59.9 Å². The van der Waals surface area contributed by atoms with E-state index in [1.807, 2.05) is 5.38 Å². The van der Waals surface area contributed by atoms with Crippen molar-refractivity contribution in [3.8, 4) is 10.6 Å². The highest BCUT2D eigenvalue weighted by molar-refractivity contribution is 8.00. The van der Waals surface area contributed by atoms with Crippen LogP contribution >= 0.6 is 34.4 Å². The maximum Gasteiger partial charge on any atom is 0.416 e. The van der Waals surface area contributed by atoms with Crippen LogP contribution in [0.1, 0.15) is 11.3 Å². The van der Waals surface area contributed by atoms with Gasteiger partial charge in [-0.3, -0.25) is 0 Å². The van der Waals surface area contributed by atoms with E-state index >= 15 is 0 Å². The molecule has 2 aromatic heterocycles. The molecule has 0 fully saturated rings. The van der Waals surface area contributed by atoms with Crippen molar-refractivity contribution in [2.45, 2.75) is 16.3 Å². The van der Waals surface area contributed by atoms with Crippen LogP contribution in [0.25, 0.3) is 10.6 Å². The molecule has 5 nitrogen and oxygen atoms in total. The number of halogens is 3. The first-order chi connectivity index (χ1) is 13.0. The van der Waals surface area contributed by atoms with Crippen LogP contribution in [-0.4, -0.2) is 35.4 Å². The van der Waals surface area contributed by atoms with Gasteiger partial charge in [-0.1, -0.05) is 35.2 Å². The molecule has 0 aliphatic rings. The summed E-state index contributed by atoms with van der Waals surface area (Å²) in [4.78, 5) is 4.50. The van der Waals surface area contributed by atoms with E-state index in [1.54, 1.807) is 7.11 Å². The molecule has 0 spiro atoms. The van der Waals surface area contributed by atoms with Gasteiger partial charge < -0.3 is 10.1 Å². The average molecular weight is 433 g/mol. The maximum atomic E-state index is 12.6. The van der Waals surface area contributed by atoms with Crippen molar-refractivity contribution < 1.29 is 17.9 Å². The van der Waals surface area contributed by atoms with Crippen LogP contribution in [0.3, 0.4) is 0 Å². The van der Waals surface area contributed by atoms with E-state index < -0.39 is 11.7 Å². The van der Waals surface area contributed by atoms with Crippen LogP contribution in [0.5, 0.6) is 0 Å². The van der Waals surface area contributed by atoms with Gasteiger partial charge in [0.1, 0.15) is 5.01 Å². The SMILES string of the molecule is COCCNc1nnc(SCc2csc(-c3ccc(C(F)(F)F)cc3)n2)s1. The molecule has 0 aliphatic heterocycles. The molecule has 0 atom stereocenters. The fourth-order valence-electron chi connectivity index (χ4n) is 2.04. The van der Waals surface area contributed by atoms with Gasteiger partial charge in [0.25, 0.3) is 0 Å². The lowest BCUT2D eigenvalue weighted by atomic mass is 10.1. The van der Waals surface area contributed by atoms with E-state index in [9.17, 15) is 13.2 Å². The van der Waals surface area contributed by atoms with Crippen LogP contribution < -0.4 is 5.32 Å². The van der Waals surface area contributed by atoms with E-state index in [1.165, 1.54) is 46.6 Å². The van der Waals surface area contributed by atoms with E-state index in [2.05, 4.69) is 20.5 Å². The van der Waals surface area contributed by atoms with E-state index in [4.69, 9.17) is 4.74 Å². The third-order valence-corrected chi connectivity index (χ3v) is 6.33. The molecule has 0 aliphatic carbocycles. The van der Waals surface area contributed by atoms with E-state index in [0.29, 0.717) is 29.5 Å². The summed E-state index contributed by atoms with van der Waals surface area (Å²) in [5.74, 6) is 0.615. The van der Waals surface area contributed by atoms with Crippen molar-refractivity contribution in [3.63, 3.8) is 0 Å². The first kappa shape index (κ1) is 20.1. The van der Waals surface area contributed by atoms with Gasteiger partial charge in [0, 0.05) is 30.4 Å². The van der Waals surface area contributed by atoms with Crippen LogP contribution in [-0.2, 0) is 16.7 Å². The summed E-state index contributed by atoms with van der Waals surface area (Å²) in [7, 11) is 1.63. The molecule has 2 heterocycles. The number of thiazole rings is 1. The number of hydrogen-bond donors (Lipinski definition) is 1. The zero-order valence-electron chi connectivity index (χ0n) is 14.1. The largest absolute Gasteiger partial charge is 0.416 e. The van der Waals surface area contributed by atoms with Gasteiger partial charge in [0.05, 0.1) is 17.9 Å². The van der Waals surface area contributed by atoms with Crippen molar-refractivity contribution in [1.82, 2.24) is 15.2 Å². The molecule has 0 unspecified atom stereocenters. The average Bonchev–Trinajstić information content (AvgIpc) is 3.29. The molecule has 1 aromatic carbocycles. The monoisotopic (exact) mass is 432 g/mol. The number of aromatic nitrogens is 3. The second kappa shape index (κ2) is 9.00. The zero-order chi connectivity index (χ0) is 19.3. The Morgan fingerprint density at radius 1 is 1.19 bits per heavy atom. The van der Waals surface area contributed by atoms with Gasteiger partial charge >= 0.3 is 6.18 Å². The fraction of sp³-hybridized carbons (Fsp3) is 0.312. The Bertz CT molecular complexity index is 864. The van der Waals surface area contributed by atoms with Crippen molar-refractivity contribution >= 4 is 39.6 Å². The molecule has 1 N–H and O–H groups in total. The van der Waals surface area contributed by atoms with Crippen LogP contribution in [0, 0.1) is 0 Å². The molecule has 11 heteroatoms. The summed E-state index contributed by atoms with van der Waals surface area (Å²) < 4.78 is 43.7. The third kappa shape index (κ3) is 5.64. The number of nitrogens with zero attached hydrogens (tertiary/aromatic N) is 3. The Balaban J connectivity index is 1.57. The molecule has 0 radical (unpaired) electrons. The Hall–Kier alpha value is -1.69.